The van der Waals surface area contributed by atoms with Gasteiger partial charge in [-0.2, -0.15) is 0 Å². The summed E-state index contributed by atoms with van der Waals surface area (Å²) in [4.78, 5) is 29.5. The van der Waals surface area contributed by atoms with Gasteiger partial charge in [0, 0.05) is 28.0 Å². The van der Waals surface area contributed by atoms with Gasteiger partial charge in [-0.3, -0.25) is 13.9 Å². The lowest BCUT2D eigenvalue weighted by atomic mass is 10.0. The summed E-state index contributed by atoms with van der Waals surface area (Å²) >= 11 is 6.87. The largest absolute Gasteiger partial charge is 0.352 e. The summed E-state index contributed by atoms with van der Waals surface area (Å²) in [6.07, 6.45) is 5.33. The third-order valence-electron chi connectivity index (χ3n) is 7.01. The highest BCUT2D eigenvalue weighted by Gasteiger charge is 2.34. The van der Waals surface area contributed by atoms with Gasteiger partial charge in [0.25, 0.3) is 0 Å². The van der Waals surface area contributed by atoms with Crippen molar-refractivity contribution in [2.75, 3.05) is 17.1 Å². The molecule has 4 rings (SSSR count). The fourth-order valence-corrected chi connectivity index (χ4v) is 6.54. The van der Waals surface area contributed by atoms with Crippen LogP contribution >= 0.6 is 31.9 Å². The van der Waals surface area contributed by atoms with E-state index in [-0.39, 0.29) is 18.5 Å². The number of nitrogens with one attached hydrogen (secondary N) is 1. The first kappa shape index (κ1) is 30.3. The molecule has 0 spiro atoms. The van der Waals surface area contributed by atoms with E-state index in [4.69, 9.17) is 0 Å². The Balaban J connectivity index is 1.72. The molecule has 10 heteroatoms. The van der Waals surface area contributed by atoms with Crippen molar-refractivity contribution in [1.29, 1.82) is 0 Å². The van der Waals surface area contributed by atoms with Crippen LogP contribution in [-0.2, 0) is 32.6 Å². The van der Waals surface area contributed by atoms with Crippen molar-refractivity contribution >= 4 is 59.4 Å². The summed E-state index contributed by atoms with van der Waals surface area (Å²) in [6.45, 7) is -0.289. The highest BCUT2D eigenvalue weighted by Crippen LogP contribution is 2.24. The minimum absolute atomic E-state index is 0.0730. The van der Waals surface area contributed by atoms with Gasteiger partial charge in [0.15, 0.2) is 0 Å². The third-order valence-corrected chi connectivity index (χ3v) is 9.17. The second kappa shape index (κ2) is 13.8. The van der Waals surface area contributed by atoms with Crippen LogP contribution in [0, 0.1) is 0 Å². The monoisotopic (exact) mass is 689 g/mol. The van der Waals surface area contributed by atoms with Crippen LogP contribution in [0.2, 0.25) is 0 Å². The van der Waals surface area contributed by atoms with E-state index in [0.717, 1.165) is 56.3 Å². The van der Waals surface area contributed by atoms with E-state index in [1.165, 1.54) is 4.90 Å². The van der Waals surface area contributed by atoms with Crippen LogP contribution in [0.4, 0.5) is 5.69 Å². The van der Waals surface area contributed by atoms with Crippen LogP contribution in [0.15, 0.2) is 87.8 Å². The molecular formula is C30H33Br2N3O4S. The second-order valence-electron chi connectivity index (χ2n) is 10.1. The van der Waals surface area contributed by atoms with Crippen LogP contribution in [0.5, 0.6) is 0 Å². The molecule has 3 aromatic rings. The predicted octanol–water partition coefficient (Wildman–Crippen LogP) is 5.68. The molecule has 40 heavy (non-hydrogen) atoms. The SMILES string of the molecule is CS(=O)(=O)N(CC(=O)N(Cc1cccc(Br)c1)[C@H](Cc1ccccc1)C(=O)NC1CCCC1)c1ccc(Br)cc1. The number of anilines is 1. The molecule has 1 aliphatic rings. The number of halogens is 2. The van der Waals surface area contributed by atoms with Gasteiger partial charge >= 0.3 is 0 Å². The Morgan fingerprint density at radius 1 is 0.900 bits per heavy atom. The number of carbonyl (C=O) groups excluding carboxylic acids is 2. The molecule has 2 amide bonds. The van der Waals surface area contributed by atoms with Gasteiger partial charge in [-0.05, 0) is 60.4 Å². The molecule has 212 valence electrons. The molecule has 7 nitrogen and oxygen atoms in total. The summed E-state index contributed by atoms with van der Waals surface area (Å²) < 4.78 is 28.4. The molecule has 0 aliphatic heterocycles. The van der Waals surface area contributed by atoms with Gasteiger partial charge in [-0.15, -0.1) is 0 Å². The van der Waals surface area contributed by atoms with Gasteiger partial charge in [0.05, 0.1) is 11.9 Å². The number of sulfonamides is 1. The quantitative estimate of drug-likeness (QED) is 0.281. The zero-order chi connectivity index (χ0) is 28.7. The maximum absolute atomic E-state index is 14.1. The van der Waals surface area contributed by atoms with Gasteiger partial charge in [-0.1, -0.05) is 87.2 Å². The summed E-state index contributed by atoms with van der Waals surface area (Å²) in [7, 11) is -3.80. The van der Waals surface area contributed by atoms with Crippen molar-refractivity contribution in [2.45, 2.75) is 50.7 Å². The number of hydrogen-bond acceptors (Lipinski definition) is 4. The average molecular weight is 691 g/mol. The lowest BCUT2D eigenvalue weighted by Gasteiger charge is -2.34. The minimum Gasteiger partial charge on any atom is -0.352 e. The number of benzene rings is 3. The first-order chi connectivity index (χ1) is 19.1. The Morgan fingerprint density at radius 3 is 2.17 bits per heavy atom. The minimum atomic E-state index is -3.80. The van der Waals surface area contributed by atoms with E-state index >= 15 is 0 Å². The van der Waals surface area contributed by atoms with Crippen LogP contribution in [0.25, 0.3) is 0 Å². The van der Waals surface area contributed by atoms with Crippen molar-refractivity contribution < 1.29 is 18.0 Å². The van der Waals surface area contributed by atoms with Gasteiger partial charge in [0.1, 0.15) is 12.6 Å². The topological polar surface area (TPSA) is 86.8 Å². The standard InChI is InChI=1S/C30H33Br2N3O4S/c1-40(38,39)35(27-16-14-24(31)15-17-27)21-29(36)34(20-23-10-7-11-25(32)18-23)28(19-22-8-3-2-4-9-22)30(37)33-26-12-5-6-13-26/h2-4,7-11,14-18,26,28H,5-6,12-13,19-21H2,1H3,(H,33,37)/t28-/m1/s1. The Bertz CT molecular complexity index is 1410. The Labute approximate surface area is 253 Å². The molecule has 1 fully saturated rings. The summed E-state index contributed by atoms with van der Waals surface area (Å²) in [5, 5.41) is 3.17. The fraction of sp³-hybridized carbons (Fsp3) is 0.333. The zero-order valence-corrected chi connectivity index (χ0v) is 26.3. The molecule has 0 heterocycles. The predicted molar refractivity (Wildman–Crippen MR) is 165 cm³/mol. The van der Waals surface area contributed by atoms with Crippen molar-refractivity contribution in [3.63, 3.8) is 0 Å². The lowest BCUT2D eigenvalue weighted by molar-refractivity contribution is -0.140. The van der Waals surface area contributed by atoms with E-state index in [0.29, 0.717) is 12.1 Å². The molecule has 0 aromatic heterocycles. The van der Waals surface area contributed by atoms with Crippen molar-refractivity contribution in [2.24, 2.45) is 0 Å². The van der Waals surface area contributed by atoms with Crippen molar-refractivity contribution in [1.82, 2.24) is 10.2 Å². The number of hydrogen-bond donors (Lipinski definition) is 1. The van der Waals surface area contributed by atoms with E-state index in [9.17, 15) is 18.0 Å². The van der Waals surface area contributed by atoms with Gasteiger partial charge in [0.2, 0.25) is 21.8 Å². The van der Waals surface area contributed by atoms with E-state index in [1.807, 2.05) is 54.6 Å². The molecule has 1 N–H and O–H groups in total. The summed E-state index contributed by atoms with van der Waals surface area (Å²) in [5.74, 6) is -0.690. The van der Waals surface area contributed by atoms with Crippen LogP contribution in [-0.4, -0.2) is 50.0 Å². The van der Waals surface area contributed by atoms with Crippen LogP contribution < -0.4 is 9.62 Å². The van der Waals surface area contributed by atoms with Gasteiger partial charge < -0.3 is 10.2 Å². The van der Waals surface area contributed by atoms with Crippen LogP contribution in [0.1, 0.15) is 36.8 Å². The van der Waals surface area contributed by atoms with Crippen LogP contribution in [0.3, 0.4) is 0 Å². The molecule has 1 saturated carbocycles. The molecule has 0 saturated heterocycles. The lowest BCUT2D eigenvalue weighted by Crippen LogP contribution is -2.54. The highest BCUT2D eigenvalue weighted by atomic mass is 79.9. The molecule has 3 aromatic carbocycles. The van der Waals surface area contributed by atoms with E-state index < -0.39 is 28.5 Å². The third kappa shape index (κ3) is 8.41. The number of nitrogens with zero attached hydrogens (tertiary/aromatic N) is 2. The second-order valence-corrected chi connectivity index (χ2v) is 13.8. The maximum Gasteiger partial charge on any atom is 0.244 e. The molecular weight excluding hydrogens is 658 g/mol. The Kier molecular flexibility index (Phi) is 10.4. The average Bonchev–Trinajstić information content (AvgIpc) is 3.43. The van der Waals surface area contributed by atoms with E-state index in [2.05, 4.69) is 37.2 Å². The molecule has 1 atom stereocenters. The molecule has 0 unspecified atom stereocenters. The van der Waals surface area contributed by atoms with E-state index in [1.54, 1.807) is 24.3 Å². The fourth-order valence-electron chi connectivity index (χ4n) is 4.97. The van der Waals surface area contributed by atoms with Crippen molar-refractivity contribution in [3.8, 4) is 0 Å². The first-order valence-corrected chi connectivity index (χ1v) is 16.6. The molecule has 1 aliphatic carbocycles. The van der Waals surface area contributed by atoms with Crippen molar-refractivity contribution in [3.05, 3.63) is 98.9 Å². The zero-order valence-electron chi connectivity index (χ0n) is 22.3. The van der Waals surface area contributed by atoms with Gasteiger partial charge in [-0.25, -0.2) is 8.42 Å². The first-order valence-electron chi connectivity index (χ1n) is 13.2. The number of rotatable bonds is 11. The highest BCUT2D eigenvalue weighted by molar-refractivity contribution is 9.10. The summed E-state index contributed by atoms with van der Waals surface area (Å²) in [6, 6.07) is 23.1. The summed E-state index contributed by atoms with van der Waals surface area (Å²) in [5.41, 5.74) is 2.11. The molecule has 0 bridgehead atoms. The number of amides is 2. The molecule has 0 radical (unpaired) electrons. The maximum atomic E-state index is 14.1. The Hall–Kier alpha value is -2.69. The number of carbonyl (C=O) groups is 2. The smallest absolute Gasteiger partial charge is 0.244 e. The Morgan fingerprint density at radius 2 is 1.55 bits per heavy atom. The normalized spacial score (nSPS) is 14.5.